The number of rotatable bonds is 9. The Hall–Kier alpha value is -4.18. The van der Waals surface area contributed by atoms with E-state index < -0.39 is 58.1 Å². The maximum atomic E-state index is 14.3. The Kier molecular flexibility index (Phi) is 11.3. The van der Waals surface area contributed by atoms with Crippen molar-refractivity contribution in [2.45, 2.75) is 95.3 Å². The van der Waals surface area contributed by atoms with Crippen LogP contribution in [0.2, 0.25) is 0 Å². The first-order valence-electron chi connectivity index (χ1n) is 17.7. The Morgan fingerprint density at radius 1 is 0.564 bits per heavy atom. The van der Waals surface area contributed by atoms with E-state index in [-0.39, 0.29) is 48.3 Å². The van der Waals surface area contributed by atoms with E-state index in [9.17, 15) is 52.7 Å². The van der Waals surface area contributed by atoms with Gasteiger partial charge in [0.25, 0.3) is 0 Å². The molecule has 4 nitrogen and oxygen atoms in total. The maximum absolute atomic E-state index is 14.3. The summed E-state index contributed by atoms with van der Waals surface area (Å²) in [6.07, 6.45) is -14.6. The fourth-order valence-corrected chi connectivity index (χ4v) is 8.04. The van der Waals surface area contributed by atoms with Gasteiger partial charge in [0.05, 0.1) is 33.6 Å². The zero-order valence-electron chi connectivity index (χ0n) is 29.4. The van der Waals surface area contributed by atoms with Crippen molar-refractivity contribution in [1.82, 2.24) is 19.8 Å². The monoisotopic (exact) mass is 788 g/mol. The molecule has 0 amide bonds. The first-order valence-corrected chi connectivity index (χ1v) is 17.7. The lowest BCUT2D eigenvalue weighted by Crippen LogP contribution is -2.45. The minimum Gasteiger partial charge on any atom is -0.293 e. The number of likely N-dealkylation sites (tertiary alicyclic amines) is 2. The van der Waals surface area contributed by atoms with Gasteiger partial charge in [0.2, 0.25) is 0 Å². The average molecular weight is 789 g/mol. The van der Waals surface area contributed by atoms with Crippen molar-refractivity contribution in [2.24, 2.45) is 0 Å². The van der Waals surface area contributed by atoms with Crippen LogP contribution in [0.3, 0.4) is 0 Å². The summed E-state index contributed by atoms with van der Waals surface area (Å²) in [6.45, 7) is 3.55. The van der Waals surface area contributed by atoms with Crippen LogP contribution in [0.15, 0.2) is 67.0 Å². The first kappa shape index (κ1) is 40.5. The van der Waals surface area contributed by atoms with E-state index in [2.05, 4.69) is 19.8 Å². The molecule has 4 heterocycles. The number of pyridine rings is 2. The smallest absolute Gasteiger partial charge is 0.293 e. The van der Waals surface area contributed by atoms with Gasteiger partial charge >= 0.3 is 24.7 Å². The van der Waals surface area contributed by atoms with Gasteiger partial charge in [0.15, 0.2) is 0 Å². The number of benzene rings is 2. The van der Waals surface area contributed by atoms with Crippen molar-refractivity contribution in [3.63, 3.8) is 0 Å². The Morgan fingerprint density at radius 3 is 1.42 bits per heavy atom. The summed E-state index contributed by atoms with van der Waals surface area (Å²) in [5, 5.41) is 0. The van der Waals surface area contributed by atoms with Crippen LogP contribution in [0.4, 0.5) is 52.7 Å². The highest BCUT2D eigenvalue weighted by Gasteiger charge is 2.44. The molecular formula is C39H36F12N4. The van der Waals surface area contributed by atoms with Gasteiger partial charge in [-0.25, -0.2) is 0 Å². The second kappa shape index (κ2) is 15.4. The van der Waals surface area contributed by atoms with Gasteiger partial charge in [-0.2, -0.15) is 52.7 Å². The molecule has 0 bridgehead atoms. The normalized spacial score (nSPS) is 19.1. The number of hydrogen-bond acceptors (Lipinski definition) is 4. The molecule has 2 fully saturated rings. The lowest BCUT2D eigenvalue weighted by molar-refractivity contribution is -0.143. The van der Waals surface area contributed by atoms with E-state index in [1.165, 1.54) is 24.3 Å². The molecule has 6 rings (SSSR count). The summed E-state index contributed by atoms with van der Waals surface area (Å²) in [5.74, 6) is 0. The Balaban J connectivity index is 1.20. The molecule has 4 aromatic rings. The molecule has 2 aromatic carbocycles. The van der Waals surface area contributed by atoms with Crippen molar-refractivity contribution in [3.8, 4) is 22.3 Å². The topological polar surface area (TPSA) is 32.3 Å². The van der Waals surface area contributed by atoms with E-state index in [1.54, 1.807) is 6.92 Å². The Labute approximate surface area is 309 Å². The maximum Gasteiger partial charge on any atom is 0.417 e. The molecule has 2 unspecified atom stereocenters. The molecule has 2 saturated heterocycles. The van der Waals surface area contributed by atoms with Gasteiger partial charge in [-0.3, -0.25) is 19.8 Å². The first-order chi connectivity index (χ1) is 25.8. The average Bonchev–Trinajstić information content (AvgIpc) is 3.76. The van der Waals surface area contributed by atoms with E-state index in [1.807, 2.05) is 0 Å². The fourth-order valence-electron chi connectivity index (χ4n) is 8.04. The van der Waals surface area contributed by atoms with Gasteiger partial charge in [-0.15, -0.1) is 0 Å². The van der Waals surface area contributed by atoms with Gasteiger partial charge in [0.1, 0.15) is 0 Å². The standard InChI is InChI=1S/C39H36F12N4/c1-2-6-23-13-16-30(38(46,47)48)34(35(23)39(49,50)51)25-12-15-27(53-20-25)22-55-18-5-10-32(55)31-9-4-17-54(31)21-26-14-11-24(19-52-26)33-28(36(40,41)42)7-3-8-29(33)37(43,44)45/h3,7-8,11-16,19-20,31-32H,2,4-6,9-10,17-18,21-22H2,1H3. The molecule has 2 aromatic heterocycles. The van der Waals surface area contributed by atoms with E-state index >= 15 is 0 Å². The molecule has 0 N–H and O–H groups in total. The molecule has 2 aliphatic heterocycles. The zero-order valence-corrected chi connectivity index (χ0v) is 29.4. The molecule has 2 aliphatic rings. The quantitative estimate of drug-likeness (QED) is 0.158. The predicted molar refractivity (Wildman–Crippen MR) is 180 cm³/mol. The third-order valence-corrected chi connectivity index (χ3v) is 10.3. The highest BCUT2D eigenvalue weighted by molar-refractivity contribution is 5.74. The summed E-state index contributed by atoms with van der Waals surface area (Å²) in [6, 6.07) is 8.82. The van der Waals surface area contributed by atoms with Crippen LogP contribution in [0, 0.1) is 0 Å². The Bertz CT molecular complexity index is 1920. The summed E-state index contributed by atoms with van der Waals surface area (Å²) in [5.41, 5.74) is -7.41. The summed E-state index contributed by atoms with van der Waals surface area (Å²) < 4.78 is 168. The van der Waals surface area contributed by atoms with Crippen molar-refractivity contribution >= 4 is 0 Å². The molecular weight excluding hydrogens is 752 g/mol. The lowest BCUT2D eigenvalue weighted by atomic mass is 9.89. The Morgan fingerprint density at radius 2 is 1.02 bits per heavy atom. The summed E-state index contributed by atoms with van der Waals surface area (Å²) >= 11 is 0. The number of alkyl halides is 12. The van der Waals surface area contributed by atoms with Crippen LogP contribution in [-0.4, -0.2) is 44.9 Å². The fraction of sp³-hybridized carbons (Fsp3) is 0.436. The van der Waals surface area contributed by atoms with Crippen LogP contribution in [0.1, 0.15) is 78.2 Å². The van der Waals surface area contributed by atoms with Crippen LogP contribution >= 0.6 is 0 Å². The van der Waals surface area contributed by atoms with Crippen molar-refractivity contribution in [3.05, 3.63) is 106 Å². The second-order valence-electron chi connectivity index (χ2n) is 13.9. The minimum absolute atomic E-state index is 0.00986. The highest BCUT2D eigenvalue weighted by Crippen LogP contribution is 2.47. The van der Waals surface area contributed by atoms with Gasteiger partial charge in [-0.1, -0.05) is 37.6 Å². The SMILES string of the molecule is CCCc1ccc(C(F)(F)F)c(-c2ccc(CN3CCCC3C3CCCN3Cc3ccc(-c4c(C(F)(F)F)cccc4C(F)(F)F)cn3)nc2)c1C(F)(F)F. The third kappa shape index (κ3) is 8.79. The van der Waals surface area contributed by atoms with Crippen molar-refractivity contribution in [2.75, 3.05) is 13.1 Å². The second-order valence-corrected chi connectivity index (χ2v) is 13.9. The van der Waals surface area contributed by atoms with Gasteiger partial charge < -0.3 is 0 Å². The molecule has 0 spiro atoms. The lowest BCUT2D eigenvalue weighted by Gasteiger charge is -2.35. The van der Waals surface area contributed by atoms with E-state index in [4.69, 9.17) is 0 Å². The van der Waals surface area contributed by atoms with E-state index in [0.29, 0.717) is 49.1 Å². The van der Waals surface area contributed by atoms with Crippen LogP contribution in [0.25, 0.3) is 22.3 Å². The van der Waals surface area contributed by atoms with Crippen LogP contribution in [0.5, 0.6) is 0 Å². The number of nitrogens with zero attached hydrogens (tertiary/aromatic N) is 4. The van der Waals surface area contributed by atoms with Crippen molar-refractivity contribution < 1.29 is 52.7 Å². The number of aromatic nitrogens is 2. The van der Waals surface area contributed by atoms with Gasteiger partial charge in [0, 0.05) is 59.8 Å². The molecule has 0 radical (unpaired) electrons. The highest BCUT2D eigenvalue weighted by atomic mass is 19.4. The van der Waals surface area contributed by atoms with Gasteiger partial charge in [-0.05, 0) is 81.1 Å². The van der Waals surface area contributed by atoms with Crippen molar-refractivity contribution in [1.29, 1.82) is 0 Å². The zero-order chi connectivity index (χ0) is 39.9. The minimum atomic E-state index is -5.04. The molecule has 55 heavy (non-hydrogen) atoms. The molecule has 16 heteroatoms. The molecule has 0 aliphatic carbocycles. The molecule has 296 valence electrons. The summed E-state index contributed by atoms with van der Waals surface area (Å²) in [4.78, 5) is 12.9. The van der Waals surface area contributed by atoms with Crippen LogP contribution in [-0.2, 0) is 44.2 Å². The predicted octanol–water partition coefficient (Wildman–Crippen LogP) is 11.5. The largest absolute Gasteiger partial charge is 0.417 e. The third-order valence-electron chi connectivity index (χ3n) is 10.3. The number of hydrogen-bond donors (Lipinski definition) is 0. The molecule has 0 saturated carbocycles. The van der Waals surface area contributed by atoms with Crippen LogP contribution < -0.4 is 0 Å². The number of aryl methyl sites for hydroxylation is 1. The molecule has 2 atom stereocenters. The van der Waals surface area contributed by atoms with E-state index in [0.717, 1.165) is 50.2 Å². The number of halogens is 12. The summed E-state index contributed by atoms with van der Waals surface area (Å²) in [7, 11) is 0.